The Labute approximate surface area is 73.2 Å². The Morgan fingerprint density at radius 3 is 2.85 bits per heavy atom. The average molecular weight is 179 g/mol. The zero-order chi connectivity index (χ0) is 9.26. The highest BCUT2D eigenvalue weighted by Crippen LogP contribution is 2.20. The number of benzene rings is 1. The Balaban J connectivity index is 2.49. The molecule has 1 heterocycles. The van der Waals surface area contributed by atoms with Crippen LogP contribution in [0.15, 0.2) is 29.0 Å². The van der Waals surface area contributed by atoms with Crippen molar-refractivity contribution < 1.29 is 8.91 Å². The van der Waals surface area contributed by atoms with Gasteiger partial charge in [0.2, 0.25) is 0 Å². The van der Waals surface area contributed by atoms with Gasteiger partial charge in [-0.1, -0.05) is 5.16 Å². The molecule has 2 N–H and O–H groups in total. The van der Waals surface area contributed by atoms with Crippen LogP contribution in [0, 0.1) is 5.82 Å². The fraction of sp³-hybridized carbons (Fsp3) is 0. The molecule has 0 aliphatic rings. The van der Waals surface area contributed by atoms with Crippen molar-refractivity contribution in [2.75, 3.05) is 5.73 Å². The predicted molar refractivity (Wildman–Crippen MR) is 44.1 cm³/mol. The minimum absolute atomic E-state index is 0.0655. The summed E-state index contributed by atoms with van der Waals surface area (Å²) < 4.78 is 17.5. The molecular formula is C8H6FN3O. The van der Waals surface area contributed by atoms with Crippen molar-refractivity contribution in [3.63, 3.8) is 0 Å². The van der Waals surface area contributed by atoms with Gasteiger partial charge in [0.15, 0.2) is 6.33 Å². The van der Waals surface area contributed by atoms with Crippen molar-refractivity contribution in [3.8, 4) is 11.5 Å². The highest BCUT2D eigenvalue weighted by molar-refractivity contribution is 5.59. The van der Waals surface area contributed by atoms with Crippen molar-refractivity contribution in [3.05, 3.63) is 30.3 Å². The van der Waals surface area contributed by atoms with Gasteiger partial charge in [0.05, 0.1) is 5.69 Å². The molecule has 0 aliphatic heterocycles. The molecule has 2 rings (SSSR count). The minimum Gasteiger partial charge on any atom is -0.396 e. The number of rotatable bonds is 1. The molecule has 0 saturated heterocycles. The van der Waals surface area contributed by atoms with Crippen LogP contribution in [0.2, 0.25) is 0 Å². The number of nitrogens with two attached hydrogens (primary N) is 1. The Hall–Kier alpha value is -1.91. The highest BCUT2D eigenvalue weighted by Gasteiger charge is 2.05. The van der Waals surface area contributed by atoms with Gasteiger partial charge in [-0.2, -0.15) is 4.98 Å². The molecule has 0 aliphatic carbocycles. The first kappa shape index (κ1) is 7.72. The second-order valence-electron chi connectivity index (χ2n) is 2.48. The molecule has 0 unspecified atom stereocenters. The molecule has 0 amide bonds. The van der Waals surface area contributed by atoms with E-state index in [1.54, 1.807) is 0 Å². The van der Waals surface area contributed by atoms with E-state index >= 15 is 0 Å². The summed E-state index contributed by atoms with van der Waals surface area (Å²) in [5.74, 6) is -0.130. The predicted octanol–water partition coefficient (Wildman–Crippen LogP) is 1.46. The van der Waals surface area contributed by atoms with Gasteiger partial charge >= 0.3 is 0 Å². The fourth-order valence-corrected chi connectivity index (χ4v) is 0.977. The van der Waals surface area contributed by atoms with E-state index in [2.05, 4.69) is 10.1 Å². The van der Waals surface area contributed by atoms with Gasteiger partial charge in [-0.05, 0) is 18.2 Å². The van der Waals surface area contributed by atoms with E-state index in [0.29, 0.717) is 11.5 Å². The zero-order valence-electron chi connectivity index (χ0n) is 6.57. The van der Waals surface area contributed by atoms with Crippen LogP contribution in [0.1, 0.15) is 0 Å². The van der Waals surface area contributed by atoms with Crippen LogP contribution < -0.4 is 5.73 Å². The van der Waals surface area contributed by atoms with Crippen LogP contribution in [0.4, 0.5) is 10.1 Å². The van der Waals surface area contributed by atoms with Gasteiger partial charge in [-0.3, -0.25) is 0 Å². The summed E-state index contributed by atoms with van der Waals surface area (Å²) >= 11 is 0. The molecule has 0 saturated carbocycles. The lowest BCUT2D eigenvalue weighted by Gasteiger charge is -1.97. The standard InChI is InChI=1S/C8H6FN3O/c9-6-2-1-5(3-7(6)10)8-11-4-12-13-8/h1-4H,10H2. The van der Waals surface area contributed by atoms with E-state index in [0.717, 1.165) is 0 Å². The number of nitrogens with zero attached hydrogens (tertiary/aromatic N) is 2. The van der Waals surface area contributed by atoms with E-state index in [9.17, 15) is 4.39 Å². The zero-order valence-corrected chi connectivity index (χ0v) is 6.57. The van der Waals surface area contributed by atoms with Gasteiger partial charge in [-0.15, -0.1) is 0 Å². The number of aromatic nitrogens is 2. The molecule has 0 bridgehead atoms. The number of hydrogen-bond acceptors (Lipinski definition) is 4. The number of hydrogen-bond donors (Lipinski definition) is 1. The third-order valence-corrected chi connectivity index (χ3v) is 1.60. The first-order valence-corrected chi connectivity index (χ1v) is 3.59. The molecule has 1 aromatic carbocycles. The maximum Gasteiger partial charge on any atom is 0.257 e. The summed E-state index contributed by atoms with van der Waals surface area (Å²) in [6, 6.07) is 4.23. The molecule has 5 heteroatoms. The van der Waals surface area contributed by atoms with E-state index in [1.165, 1.54) is 24.5 Å². The second kappa shape index (κ2) is 2.85. The summed E-state index contributed by atoms with van der Waals surface area (Å²) in [6.45, 7) is 0. The van der Waals surface area contributed by atoms with Gasteiger partial charge in [-0.25, -0.2) is 4.39 Å². The maximum atomic E-state index is 12.7. The second-order valence-corrected chi connectivity index (χ2v) is 2.48. The van der Waals surface area contributed by atoms with E-state index in [4.69, 9.17) is 10.3 Å². The van der Waals surface area contributed by atoms with Crippen LogP contribution >= 0.6 is 0 Å². The van der Waals surface area contributed by atoms with Crippen molar-refractivity contribution >= 4 is 5.69 Å². The summed E-state index contributed by atoms with van der Waals surface area (Å²) in [7, 11) is 0. The molecule has 0 fully saturated rings. The number of halogens is 1. The van der Waals surface area contributed by atoms with E-state index < -0.39 is 5.82 Å². The topological polar surface area (TPSA) is 64.9 Å². The summed E-state index contributed by atoms with van der Waals surface area (Å²) in [5.41, 5.74) is 6.04. The van der Waals surface area contributed by atoms with Gasteiger partial charge in [0.25, 0.3) is 5.89 Å². The van der Waals surface area contributed by atoms with E-state index in [1.807, 2.05) is 0 Å². The monoisotopic (exact) mass is 179 g/mol. The normalized spacial score (nSPS) is 10.2. The first-order chi connectivity index (χ1) is 6.27. The molecule has 0 atom stereocenters. The third kappa shape index (κ3) is 1.35. The molecule has 1 aromatic heterocycles. The van der Waals surface area contributed by atoms with Gasteiger partial charge in [0, 0.05) is 5.56 Å². The van der Waals surface area contributed by atoms with Crippen molar-refractivity contribution in [2.24, 2.45) is 0 Å². The number of anilines is 1. The van der Waals surface area contributed by atoms with Crippen LogP contribution in [-0.4, -0.2) is 10.1 Å². The molecule has 0 spiro atoms. The van der Waals surface area contributed by atoms with Crippen molar-refractivity contribution in [1.82, 2.24) is 10.1 Å². The molecule has 2 aromatic rings. The molecule has 13 heavy (non-hydrogen) atoms. The Bertz CT molecular complexity index is 413. The third-order valence-electron chi connectivity index (χ3n) is 1.60. The minimum atomic E-state index is -0.455. The number of nitrogen functional groups attached to an aromatic ring is 1. The Morgan fingerprint density at radius 1 is 1.38 bits per heavy atom. The summed E-state index contributed by atoms with van der Waals surface area (Å²) in [4.78, 5) is 3.80. The summed E-state index contributed by atoms with van der Waals surface area (Å²) in [6.07, 6.45) is 1.27. The smallest absolute Gasteiger partial charge is 0.257 e. The fourth-order valence-electron chi connectivity index (χ4n) is 0.977. The van der Waals surface area contributed by atoms with Crippen LogP contribution in [0.25, 0.3) is 11.5 Å². The SMILES string of the molecule is Nc1cc(-c2ncno2)ccc1F. The van der Waals surface area contributed by atoms with Gasteiger partial charge in [0.1, 0.15) is 5.82 Å². The van der Waals surface area contributed by atoms with Crippen LogP contribution in [-0.2, 0) is 0 Å². The van der Waals surface area contributed by atoms with Crippen LogP contribution in [0.3, 0.4) is 0 Å². The van der Waals surface area contributed by atoms with Crippen molar-refractivity contribution in [1.29, 1.82) is 0 Å². The lowest BCUT2D eigenvalue weighted by atomic mass is 10.2. The average Bonchev–Trinajstić information content (AvgIpc) is 2.62. The quantitative estimate of drug-likeness (QED) is 0.673. The maximum absolute atomic E-state index is 12.7. The summed E-state index contributed by atoms with van der Waals surface area (Å²) in [5, 5.41) is 3.43. The van der Waals surface area contributed by atoms with Crippen molar-refractivity contribution in [2.45, 2.75) is 0 Å². The van der Waals surface area contributed by atoms with Crippen LogP contribution in [0.5, 0.6) is 0 Å². The largest absolute Gasteiger partial charge is 0.396 e. The van der Waals surface area contributed by atoms with Gasteiger partial charge < -0.3 is 10.3 Å². The molecule has 4 nitrogen and oxygen atoms in total. The Morgan fingerprint density at radius 2 is 2.23 bits per heavy atom. The molecule has 0 radical (unpaired) electrons. The Kier molecular flexibility index (Phi) is 1.70. The molecular weight excluding hydrogens is 173 g/mol. The lowest BCUT2D eigenvalue weighted by Crippen LogP contribution is -1.90. The highest BCUT2D eigenvalue weighted by atomic mass is 19.1. The molecule has 66 valence electrons. The lowest BCUT2D eigenvalue weighted by molar-refractivity contribution is 0.430. The first-order valence-electron chi connectivity index (χ1n) is 3.59. The van der Waals surface area contributed by atoms with E-state index in [-0.39, 0.29) is 5.69 Å².